The summed E-state index contributed by atoms with van der Waals surface area (Å²) in [5, 5.41) is 1.41. The molecule has 0 unspecified atom stereocenters. The molecule has 106 valence electrons. The fraction of sp³-hybridized carbons (Fsp3) is 0.0625. The number of H-pyrrole nitrogens is 1. The van der Waals surface area contributed by atoms with Gasteiger partial charge in [0.05, 0.1) is 10.5 Å². The molecule has 0 aliphatic carbocycles. The molecule has 0 amide bonds. The van der Waals surface area contributed by atoms with Gasteiger partial charge >= 0.3 is 0 Å². The number of aromatic nitrogens is 1. The second-order valence-corrected chi connectivity index (χ2v) is 6.18. The maximum Gasteiger partial charge on any atom is 0.195 e. The quantitative estimate of drug-likeness (QED) is 0.512. The largest absolute Gasteiger partial charge is 0.398 e. The van der Waals surface area contributed by atoms with E-state index in [1.54, 1.807) is 24.4 Å². The first-order valence-corrected chi connectivity index (χ1v) is 7.52. The zero-order valence-corrected chi connectivity index (χ0v) is 13.5. The predicted octanol–water partition coefficient (Wildman–Crippen LogP) is 4.71. The molecular weight excluding hydrogens is 352 g/mol. The molecule has 3 aromatic rings. The lowest BCUT2D eigenvalue weighted by Crippen LogP contribution is -2.05. The van der Waals surface area contributed by atoms with Crippen LogP contribution in [-0.2, 0) is 0 Å². The lowest BCUT2D eigenvalue weighted by Gasteiger charge is -2.08. The van der Waals surface area contributed by atoms with E-state index in [4.69, 9.17) is 17.3 Å². The first-order valence-electron chi connectivity index (χ1n) is 6.35. The highest BCUT2D eigenvalue weighted by molar-refractivity contribution is 9.10. The summed E-state index contributed by atoms with van der Waals surface area (Å²) in [6.07, 6.45) is 1.69. The molecular formula is C16H12BrClN2O. The lowest BCUT2D eigenvalue weighted by atomic mass is 9.98. The van der Waals surface area contributed by atoms with Crippen LogP contribution >= 0.6 is 27.5 Å². The van der Waals surface area contributed by atoms with Gasteiger partial charge in [-0.1, -0.05) is 39.7 Å². The number of carbonyl (C=O) groups excluding carboxylic acids is 1. The van der Waals surface area contributed by atoms with Gasteiger partial charge in [0, 0.05) is 32.9 Å². The third-order valence-corrected chi connectivity index (χ3v) is 4.34. The summed E-state index contributed by atoms with van der Waals surface area (Å²) in [6.45, 7) is 1.84. The number of para-hydroxylation sites is 1. The van der Waals surface area contributed by atoms with Gasteiger partial charge in [0.1, 0.15) is 0 Å². The number of halogens is 2. The van der Waals surface area contributed by atoms with Crippen LogP contribution in [0.4, 0.5) is 5.69 Å². The smallest absolute Gasteiger partial charge is 0.195 e. The van der Waals surface area contributed by atoms with Crippen molar-refractivity contribution in [1.82, 2.24) is 4.98 Å². The van der Waals surface area contributed by atoms with E-state index in [0.29, 0.717) is 21.8 Å². The van der Waals surface area contributed by atoms with Gasteiger partial charge in [-0.15, -0.1) is 0 Å². The monoisotopic (exact) mass is 362 g/mol. The van der Waals surface area contributed by atoms with Crippen LogP contribution in [0.1, 0.15) is 21.5 Å². The SMILES string of the molecule is Cc1c(N)cc(Br)cc1C(=O)c1c[nH]c2c(Cl)cccc12. The molecule has 0 spiro atoms. The van der Waals surface area contributed by atoms with Gasteiger partial charge in [0.25, 0.3) is 0 Å². The average Bonchev–Trinajstić information content (AvgIpc) is 2.87. The Morgan fingerprint density at radius 2 is 2.05 bits per heavy atom. The number of aromatic amines is 1. The maximum absolute atomic E-state index is 12.8. The summed E-state index contributed by atoms with van der Waals surface area (Å²) in [7, 11) is 0. The number of nitrogens with two attached hydrogens (primary N) is 1. The van der Waals surface area contributed by atoms with E-state index in [-0.39, 0.29) is 5.78 Å². The molecule has 0 bridgehead atoms. The lowest BCUT2D eigenvalue weighted by molar-refractivity contribution is 0.103. The van der Waals surface area contributed by atoms with Crippen LogP contribution in [-0.4, -0.2) is 10.8 Å². The highest BCUT2D eigenvalue weighted by Gasteiger charge is 2.18. The summed E-state index contributed by atoms with van der Waals surface area (Å²) in [5.41, 5.74) is 9.25. The van der Waals surface area contributed by atoms with Gasteiger partial charge < -0.3 is 10.7 Å². The van der Waals surface area contributed by atoms with Crippen molar-refractivity contribution in [3.63, 3.8) is 0 Å². The summed E-state index contributed by atoms with van der Waals surface area (Å²) < 4.78 is 0.784. The van der Waals surface area contributed by atoms with Crippen LogP contribution in [0.25, 0.3) is 10.9 Å². The Morgan fingerprint density at radius 3 is 2.81 bits per heavy atom. The predicted molar refractivity (Wildman–Crippen MR) is 90.0 cm³/mol. The van der Waals surface area contributed by atoms with Crippen LogP contribution in [0, 0.1) is 6.92 Å². The Hall–Kier alpha value is -1.78. The van der Waals surface area contributed by atoms with Crippen molar-refractivity contribution in [2.45, 2.75) is 6.92 Å². The van der Waals surface area contributed by atoms with Crippen LogP contribution < -0.4 is 5.73 Å². The van der Waals surface area contributed by atoms with Crippen molar-refractivity contribution in [3.8, 4) is 0 Å². The van der Waals surface area contributed by atoms with E-state index in [1.165, 1.54) is 0 Å². The number of hydrogen-bond acceptors (Lipinski definition) is 2. The van der Waals surface area contributed by atoms with E-state index in [0.717, 1.165) is 20.9 Å². The van der Waals surface area contributed by atoms with Crippen molar-refractivity contribution in [3.05, 3.63) is 62.7 Å². The molecule has 0 saturated heterocycles. The Kier molecular flexibility index (Phi) is 3.51. The van der Waals surface area contributed by atoms with Gasteiger partial charge in [-0.25, -0.2) is 0 Å². The maximum atomic E-state index is 12.8. The number of carbonyl (C=O) groups is 1. The molecule has 0 radical (unpaired) electrons. The van der Waals surface area contributed by atoms with Crippen molar-refractivity contribution >= 4 is 49.9 Å². The van der Waals surface area contributed by atoms with E-state index >= 15 is 0 Å². The molecule has 1 heterocycles. The van der Waals surface area contributed by atoms with E-state index in [2.05, 4.69) is 20.9 Å². The number of nitrogens with one attached hydrogen (secondary N) is 1. The highest BCUT2D eigenvalue weighted by Crippen LogP contribution is 2.29. The average molecular weight is 364 g/mol. The molecule has 0 saturated carbocycles. The summed E-state index contributed by atoms with van der Waals surface area (Å²) in [6, 6.07) is 9.08. The minimum absolute atomic E-state index is 0.0750. The van der Waals surface area contributed by atoms with Crippen LogP contribution in [0.3, 0.4) is 0 Å². The molecule has 0 aliphatic rings. The Bertz CT molecular complexity index is 870. The minimum Gasteiger partial charge on any atom is -0.398 e. The fourth-order valence-electron chi connectivity index (χ4n) is 2.39. The summed E-state index contributed by atoms with van der Waals surface area (Å²) >= 11 is 9.51. The van der Waals surface area contributed by atoms with Gasteiger partial charge in [-0.3, -0.25) is 4.79 Å². The van der Waals surface area contributed by atoms with Gasteiger partial charge in [0.15, 0.2) is 5.78 Å². The molecule has 0 aliphatic heterocycles. The van der Waals surface area contributed by atoms with Crippen molar-refractivity contribution in [2.75, 3.05) is 5.73 Å². The van der Waals surface area contributed by atoms with Crippen LogP contribution in [0.15, 0.2) is 41.0 Å². The van der Waals surface area contributed by atoms with Crippen molar-refractivity contribution in [2.24, 2.45) is 0 Å². The van der Waals surface area contributed by atoms with Crippen LogP contribution in [0.2, 0.25) is 5.02 Å². The van der Waals surface area contributed by atoms with Gasteiger partial charge in [-0.05, 0) is 30.7 Å². The zero-order valence-electron chi connectivity index (χ0n) is 11.2. The Morgan fingerprint density at radius 1 is 1.29 bits per heavy atom. The van der Waals surface area contributed by atoms with Gasteiger partial charge in [0.2, 0.25) is 0 Å². The van der Waals surface area contributed by atoms with E-state index in [9.17, 15) is 4.79 Å². The first-order chi connectivity index (χ1) is 9.99. The molecule has 3 N–H and O–H groups in total. The van der Waals surface area contributed by atoms with Crippen molar-refractivity contribution in [1.29, 1.82) is 0 Å². The molecule has 0 atom stereocenters. The Labute approximate surface area is 135 Å². The molecule has 3 rings (SSSR count). The molecule has 0 fully saturated rings. The number of ketones is 1. The molecule has 2 aromatic carbocycles. The van der Waals surface area contributed by atoms with Crippen molar-refractivity contribution < 1.29 is 4.79 Å². The molecule has 21 heavy (non-hydrogen) atoms. The summed E-state index contributed by atoms with van der Waals surface area (Å²) in [4.78, 5) is 15.9. The zero-order chi connectivity index (χ0) is 15.1. The number of nitrogen functional groups attached to an aromatic ring is 1. The third kappa shape index (κ3) is 2.34. The third-order valence-electron chi connectivity index (χ3n) is 3.57. The normalized spacial score (nSPS) is 11.0. The highest BCUT2D eigenvalue weighted by atomic mass is 79.9. The van der Waals surface area contributed by atoms with E-state index in [1.807, 2.05) is 19.1 Å². The van der Waals surface area contributed by atoms with Gasteiger partial charge in [-0.2, -0.15) is 0 Å². The minimum atomic E-state index is -0.0750. The second-order valence-electron chi connectivity index (χ2n) is 4.86. The topological polar surface area (TPSA) is 58.9 Å². The molecule has 5 heteroatoms. The number of benzene rings is 2. The number of hydrogen-bond donors (Lipinski definition) is 2. The molecule has 3 nitrogen and oxygen atoms in total. The summed E-state index contributed by atoms with van der Waals surface area (Å²) in [5.74, 6) is -0.0750. The first kappa shape index (κ1) is 14.2. The van der Waals surface area contributed by atoms with Crippen LogP contribution in [0.5, 0.6) is 0 Å². The molecule has 1 aromatic heterocycles. The number of rotatable bonds is 2. The Balaban J connectivity index is 2.20. The van der Waals surface area contributed by atoms with E-state index < -0.39 is 0 Å². The number of fused-ring (bicyclic) bond motifs is 1. The fourth-order valence-corrected chi connectivity index (χ4v) is 3.09. The standard InChI is InChI=1S/C16H12BrClN2O/c1-8-11(5-9(17)6-14(8)19)16(21)12-7-20-15-10(12)3-2-4-13(15)18/h2-7,20H,19H2,1H3. The second kappa shape index (κ2) is 5.20. The number of anilines is 1.